The highest BCUT2D eigenvalue weighted by Crippen LogP contribution is 2.50. The SMILES string of the molecule is CC(C)(C)c1ccc(N(c2ccc(C(C)(C)C)cc2)c2ccc3c(c2)c2cc(-c4ccccc4)ccc2n3-c2c(C(C)(C)c3ccccc3)cc(C(C)(C)c3ccccc3)cc2C(C)(C)c2ccccc2)cc1. The predicted octanol–water partition coefficient (Wildman–Crippen LogP) is 19.5. The Bertz CT molecular complexity index is 3410. The van der Waals surface area contributed by atoms with Crippen LogP contribution in [-0.2, 0) is 27.1 Å². The number of hydrogen-bond acceptors (Lipinski definition) is 1. The molecular formula is C71H72N2. The molecule has 2 nitrogen and oxygen atoms in total. The van der Waals surface area contributed by atoms with Gasteiger partial charge in [0.15, 0.2) is 0 Å². The van der Waals surface area contributed by atoms with Crippen molar-refractivity contribution in [1.82, 2.24) is 4.57 Å². The molecule has 2 heteroatoms. The lowest BCUT2D eigenvalue weighted by molar-refractivity contribution is 0.590. The number of nitrogens with zero attached hydrogens (tertiary/aromatic N) is 2. The molecule has 0 bridgehead atoms. The number of fused-ring (bicyclic) bond motifs is 3. The van der Waals surface area contributed by atoms with Gasteiger partial charge in [-0.15, -0.1) is 0 Å². The summed E-state index contributed by atoms with van der Waals surface area (Å²) in [6, 6.07) is 82.0. The van der Waals surface area contributed by atoms with E-state index in [0.717, 1.165) is 17.1 Å². The molecule has 73 heavy (non-hydrogen) atoms. The molecule has 9 aromatic carbocycles. The van der Waals surface area contributed by atoms with Crippen LogP contribution < -0.4 is 4.90 Å². The normalized spacial score (nSPS) is 12.7. The summed E-state index contributed by atoms with van der Waals surface area (Å²) in [4.78, 5) is 2.44. The van der Waals surface area contributed by atoms with Crippen molar-refractivity contribution < 1.29 is 0 Å². The molecule has 10 rings (SSSR count). The first-order chi connectivity index (χ1) is 34.7. The molecule has 0 unspecified atom stereocenters. The molecule has 0 aliphatic rings. The Kier molecular flexibility index (Phi) is 12.5. The average molecular weight is 953 g/mol. The Hall–Kier alpha value is -7.42. The van der Waals surface area contributed by atoms with Crippen LogP contribution in [0.4, 0.5) is 17.1 Å². The van der Waals surface area contributed by atoms with Crippen LogP contribution in [0.2, 0.25) is 0 Å². The molecular weight excluding hydrogens is 881 g/mol. The molecule has 1 heterocycles. The first kappa shape index (κ1) is 49.2. The molecule has 0 spiro atoms. The van der Waals surface area contributed by atoms with Gasteiger partial charge in [0.05, 0.1) is 16.7 Å². The lowest BCUT2D eigenvalue weighted by atomic mass is 9.68. The molecule has 366 valence electrons. The number of anilines is 3. The molecule has 0 fully saturated rings. The van der Waals surface area contributed by atoms with Gasteiger partial charge < -0.3 is 9.47 Å². The molecule has 0 aliphatic heterocycles. The molecule has 0 saturated carbocycles. The first-order valence-electron chi connectivity index (χ1n) is 26.3. The molecule has 0 N–H and O–H groups in total. The van der Waals surface area contributed by atoms with E-state index in [-0.39, 0.29) is 16.2 Å². The van der Waals surface area contributed by atoms with Crippen molar-refractivity contribution in [2.75, 3.05) is 4.90 Å². The van der Waals surface area contributed by atoms with Gasteiger partial charge in [-0.25, -0.2) is 0 Å². The van der Waals surface area contributed by atoms with Gasteiger partial charge in [0.1, 0.15) is 0 Å². The summed E-state index contributed by atoms with van der Waals surface area (Å²) in [6.07, 6.45) is 0. The molecule has 0 saturated heterocycles. The number of rotatable bonds is 11. The summed E-state index contributed by atoms with van der Waals surface area (Å²) in [7, 11) is 0. The van der Waals surface area contributed by atoms with Crippen LogP contribution in [0.15, 0.2) is 218 Å². The highest BCUT2D eigenvalue weighted by Gasteiger charge is 2.38. The molecule has 10 aromatic rings. The third-order valence-electron chi connectivity index (χ3n) is 16.0. The third-order valence-corrected chi connectivity index (χ3v) is 16.0. The van der Waals surface area contributed by atoms with Gasteiger partial charge >= 0.3 is 0 Å². The highest BCUT2D eigenvalue weighted by molar-refractivity contribution is 6.12. The van der Waals surface area contributed by atoms with Crippen LogP contribution in [0.25, 0.3) is 38.6 Å². The number of hydrogen-bond donors (Lipinski definition) is 0. The van der Waals surface area contributed by atoms with Crippen molar-refractivity contribution >= 4 is 38.9 Å². The predicted molar refractivity (Wildman–Crippen MR) is 314 cm³/mol. The second-order valence-corrected chi connectivity index (χ2v) is 24.0. The maximum Gasteiger partial charge on any atom is 0.0544 e. The fourth-order valence-corrected chi connectivity index (χ4v) is 11.1. The topological polar surface area (TPSA) is 8.17 Å². The Morgan fingerprint density at radius 1 is 0.288 bits per heavy atom. The fourth-order valence-electron chi connectivity index (χ4n) is 11.1. The van der Waals surface area contributed by atoms with Crippen LogP contribution in [0, 0.1) is 0 Å². The van der Waals surface area contributed by atoms with Crippen LogP contribution in [0.3, 0.4) is 0 Å². The lowest BCUT2D eigenvalue weighted by Gasteiger charge is -2.38. The summed E-state index contributed by atoms with van der Waals surface area (Å²) in [5, 5.41) is 2.42. The first-order valence-corrected chi connectivity index (χ1v) is 26.3. The van der Waals surface area contributed by atoms with Crippen molar-refractivity contribution in [2.24, 2.45) is 0 Å². The maximum absolute atomic E-state index is 2.63. The van der Waals surface area contributed by atoms with Gasteiger partial charge in [-0.3, -0.25) is 0 Å². The Morgan fingerprint density at radius 3 is 1.08 bits per heavy atom. The van der Waals surface area contributed by atoms with Gasteiger partial charge in [-0.2, -0.15) is 0 Å². The van der Waals surface area contributed by atoms with Crippen molar-refractivity contribution in [2.45, 2.75) is 110 Å². The smallest absolute Gasteiger partial charge is 0.0544 e. The van der Waals surface area contributed by atoms with Crippen LogP contribution in [0.1, 0.15) is 128 Å². The van der Waals surface area contributed by atoms with Gasteiger partial charge in [-0.05, 0) is 121 Å². The lowest BCUT2D eigenvalue weighted by Crippen LogP contribution is -2.30. The van der Waals surface area contributed by atoms with E-state index in [9.17, 15) is 0 Å². The second-order valence-electron chi connectivity index (χ2n) is 24.0. The minimum absolute atomic E-state index is 0.0340. The molecule has 0 aliphatic carbocycles. The second kappa shape index (κ2) is 18.6. The Morgan fingerprint density at radius 2 is 0.658 bits per heavy atom. The average Bonchev–Trinajstić information content (AvgIpc) is 3.72. The summed E-state index contributed by atoms with van der Waals surface area (Å²) >= 11 is 0. The summed E-state index contributed by atoms with van der Waals surface area (Å²) < 4.78 is 2.63. The van der Waals surface area contributed by atoms with E-state index in [1.165, 1.54) is 83.1 Å². The molecule has 0 amide bonds. The quantitative estimate of drug-likeness (QED) is 0.125. The Labute approximate surface area is 436 Å². The fraction of sp³-hybridized carbons (Fsp3) is 0.239. The minimum atomic E-state index is -0.414. The minimum Gasteiger partial charge on any atom is -0.310 e. The maximum atomic E-state index is 2.63. The summed E-state index contributed by atoms with van der Waals surface area (Å²) in [5.74, 6) is 0. The monoisotopic (exact) mass is 953 g/mol. The zero-order valence-corrected chi connectivity index (χ0v) is 45.2. The van der Waals surface area contributed by atoms with Gasteiger partial charge in [-0.1, -0.05) is 247 Å². The van der Waals surface area contributed by atoms with Crippen LogP contribution >= 0.6 is 0 Å². The van der Waals surface area contributed by atoms with Crippen molar-refractivity contribution in [3.8, 4) is 16.8 Å². The van der Waals surface area contributed by atoms with E-state index in [1.54, 1.807) is 0 Å². The van der Waals surface area contributed by atoms with Gasteiger partial charge in [0.2, 0.25) is 0 Å². The Balaban J connectivity index is 1.33. The zero-order chi connectivity index (χ0) is 51.5. The third kappa shape index (κ3) is 9.11. The standard InChI is InChI=1S/C71H72N2/c1-67(2,3)51-34-38-57(39-35-51)72(58-40-36-52(37-41-58)68(4,5)6)59-42-44-65-61(48-59)60-45-50(49-25-17-13-18-26-49)33-43-64(60)73(65)66-62(70(9,10)54-29-21-15-22-30-54)46-56(69(7,8)53-27-19-14-20-28-53)47-63(66)71(11,12)55-31-23-16-24-32-55/h13-48H,1-12H3. The van der Waals surface area contributed by atoms with Crippen molar-refractivity contribution in [3.63, 3.8) is 0 Å². The van der Waals surface area contributed by atoms with Crippen molar-refractivity contribution in [1.29, 1.82) is 0 Å². The molecule has 0 atom stereocenters. The van der Waals surface area contributed by atoms with Gasteiger partial charge in [0.25, 0.3) is 0 Å². The number of benzene rings is 9. The van der Waals surface area contributed by atoms with Crippen molar-refractivity contribution in [3.05, 3.63) is 263 Å². The number of aromatic nitrogens is 1. The van der Waals surface area contributed by atoms with Gasteiger partial charge in [0, 0.05) is 44.1 Å². The van der Waals surface area contributed by atoms with E-state index < -0.39 is 10.8 Å². The van der Waals surface area contributed by atoms with E-state index in [4.69, 9.17) is 0 Å². The summed E-state index contributed by atoms with van der Waals surface area (Å²) in [6.45, 7) is 28.2. The van der Waals surface area contributed by atoms with E-state index in [0.29, 0.717) is 0 Å². The molecule has 1 aromatic heterocycles. The molecule has 0 radical (unpaired) electrons. The summed E-state index contributed by atoms with van der Waals surface area (Å²) in [5.41, 5.74) is 18.6. The van der Waals surface area contributed by atoms with E-state index >= 15 is 0 Å². The van der Waals surface area contributed by atoms with E-state index in [1.807, 2.05) is 0 Å². The largest absolute Gasteiger partial charge is 0.310 e. The van der Waals surface area contributed by atoms with Crippen LogP contribution in [0.5, 0.6) is 0 Å². The zero-order valence-electron chi connectivity index (χ0n) is 45.2. The highest BCUT2D eigenvalue weighted by atomic mass is 15.1. The van der Waals surface area contributed by atoms with Crippen LogP contribution in [-0.4, -0.2) is 4.57 Å². The van der Waals surface area contributed by atoms with E-state index in [2.05, 4.69) is 311 Å².